The third-order valence-corrected chi connectivity index (χ3v) is 7.72. The van der Waals surface area contributed by atoms with Gasteiger partial charge in [0.05, 0.1) is 19.3 Å². The Labute approximate surface area is 215 Å². The van der Waals surface area contributed by atoms with Crippen molar-refractivity contribution < 1.29 is 22.7 Å². The highest BCUT2D eigenvalue weighted by Crippen LogP contribution is 2.41. The van der Waals surface area contributed by atoms with Crippen molar-refractivity contribution in [1.29, 1.82) is 0 Å². The monoisotopic (exact) mass is 508 g/mol. The standard InChI is InChI=1S/C30H31F3N2O2/c31-22-9-5-20(6-10-22)29(21-7-11-23(32)12-8-21)34-30(36)26-14-13-24(35-15-17-37-18-16-35)19-27(26)25-3-1-2-4-28(25)33/h1-12,24,26-27,29H,13-19H2,(H,34,36)/t24-,26-,27+/m1/s1. The number of ether oxygens (including phenoxy) is 1. The summed E-state index contributed by atoms with van der Waals surface area (Å²) in [5, 5.41) is 3.13. The van der Waals surface area contributed by atoms with E-state index in [0.717, 1.165) is 19.5 Å². The number of hydrogen-bond acceptors (Lipinski definition) is 3. The van der Waals surface area contributed by atoms with Crippen molar-refractivity contribution in [1.82, 2.24) is 10.2 Å². The maximum atomic E-state index is 15.0. The molecule has 0 radical (unpaired) electrons. The molecule has 0 spiro atoms. The zero-order valence-electron chi connectivity index (χ0n) is 20.6. The molecule has 2 fully saturated rings. The van der Waals surface area contributed by atoms with Crippen LogP contribution in [0.25, 0.3) is 0 Å². The summed E-state index contributed by atoms with van der Waals surface area (Å²) in [6.07, 6.45) is 2.13. The number of hydrogen-bond donors (Lipinski definition) is 1. The molecule has 1 amide bonds. The number of halogens is 3. The smallest absolute Gasteiger partial charge is 0.224 e. The van der Waals surface area contributed by atoms with Crippen LogP contribution >= 0.6 is 0 Å². The minimum absolute atomic E-state index is 0.188. The normalized spacial score (nSPS) is 22.6. The second-order valence-corrected chi connectivity index (χ2v) is 9.89. The molecule has 3 aromatic carbocycles. The molecule has 3 atom stereocenters. The largest absolute Gasteiger partial charge is 0.379 e. The van der Waals surface area contributed by atoms with Gasteiger partial charge in [-0.25, -0.2) is 13.2 Å². The fraction of sp³-hybridized carbons (Fsp3) is 0.367. The molecule has 37 heavy (non-hydrogen) atoms. The minimum atomic E-state index is -0.591. The van der Waals surface area contributed by atoms with E-state index in [9.17, 15) is 13.6 Å². The Kier molecular flexibility index (Phi) is 7.91. The second kappa shape index (κ2) is 11.5. The van der Waals surface area contributed by atoms with Crippen molar-refractivity contribution >= 4 is 5.91 Å². The molecular weight excluding hydrogens is 477 g/mol. The van der Waals surface area contributed by atoms with Gasteiger partial charge in [0, 0.05) is 25.0 Å². The van der Waals surface area contributed by atoms with E-state index in [-0.39, 0.29) is 35.3 Å². The van der Waals surface area contributed by atoms with Gasteiger partial charge >= 0.3 is 0 Å². The lowest BCUT2D eigenvalue weighted by Crippen LogP contribution is -2.48. The topological polar surface area (TPSA) is 41.6 Å². The van der Waals surface area contributed by atoms with E-state index in [0.29, 0.717) is 42.7 Å². The fourth-order valence-electron chi connectivity index (χ4n) is 5.77. The third kappa shape index (κ3) is 5.89. The summed E-state index contributed by atoms with van der Waals surface area (Å²) >= 11 is 0. The second-order valence-electron chi connectivity index (χ2n) is 9.89. The lowest BCUT2D eigenvalue weighted by Gasteiger charge is -2.42. The number of nitrogens with one attached hydrogen (secondary N) is 1. The predicted molar refractivity (Wildman–Crippen MR) is 135 cm³/mol. The number of amides is 1. The molecule has 2 aliphatic rings. The van der Waals surface area contributed by atoms with Gasteiger partial charge in [-0.05, 0) is 72.2 Å². The Hall–Kier alpha value is -3.16. The molecule has 1 aliphatic carbocycles. The van der Waals surface area contributed by atoms with E-state index in [1.54, 1.807) is 36.4 Å². The Bertz CT molecular complexity index is 1150. The van der Waals surface area contributed by atoms with Crippen LogP contribution < -0.4 is 5.32 Å². The fourth-order valence-corrected chi connectivity index (χ4v) is 5.77. The molecule has 1 saturated carbocycles. The van der Waals surface area contributed by atoms with Crippen molar-refractivity contribution in [3.8, 4) is 0 Å². The van der Waals surface area contributed by atoms with Crippen molar-refractivity contribution in [2.45, 2.75) is 37.3 Å². The van der Waals surface area contributed by atoms with E-state index in [4.69, 9.17) is 4.74 Å². The summed E-state index contributed by atoms with van der Waals surface area (Å²) in [6, 6.07) is 18.2. The first-order chi connectivity index (χ1) is 18.0. The first kappa shape index (κ1) is 25.5. The van der Waals surface area contributed by atoms with Gasteiger partial charge in [-0.3, -0.25) is 9.69 Å². The minimum Gasteiger partial charge on any atom is -0.379 e. The summed E-state index contributed by atoms with van der Waals surface area (Å²) in [6.45, 7) is 3.04. The summed E-state index contributed by atoms with van der Waals surface area (Å²) in [4.78, 5) is 16.2. The van der Waals surface area contributed by atoms with Crippen LogP contribution in [0.5, 0.6) is 0 Å². The van der Waals surface area contributed by atoms with Crippen LogP contribution in [0.2, 0.25) is 0 Å². The molecule has 4 nitrogen and oxygen atoms in total. The SMILES string of the molecule is O=C(NC(c1ccc(F)cc1)c1ccc(F)cc1)[C@@H]1CC[C@@H](N2CCOCC2)C[C@H]1c1ccccc1F. The summed E-state index contributed by atoms with van der Waals surface area (Å²) in [5.41, 5.74) is 1.93. The van der Waals surface area contributed by atoms with Gasteiger partial charge in [-0.2, -0.15) is 0 Å². The van der Waals surface area contributed by atoms with E-state index in [1.165, 1.54) is 30.3 Å². The molecule has 1 N–H and O–H groups in total. The molecule has 0 aromatic heterocycles. The van der Waals surface area contributed by atoms with E-state index in [1.807, 2.05) is 6.07 Å². The summed E-state index contributed by atoms with van der Waals surface area (Å²) < 4.78 is 47.8. The Morgan fingerprint density at radius 1 is 0.838 bits per heavy atom. The lowest BCUT2D eigenvalue weighted by molar-refractivity contribution is -0.127. The maximum Gasteiger partial charge on any atom is 0.224 e. The molecule has 3 aromatic rings. The highest BCUT2D eigenvalue weighted by molar-refractivity contribution is 5.81. The molecule has 1 heterocycles. The average Bonchev–Trinajstić information content (AvgIpc) is 2.93. The molecule has 7 heteroatoms. The van der Waals surface area contributed by atoms with Gasteiger partial charge in [0.25, 0.3) is 0 Å². The summed E-state index contributed by atoms with van der Waals surface area (Å²) in [7, 11) is 0. The first-order valence-corrected chi connectivity index (χ1v) is 12.9. The highest BCUT2D eigenvalue weighted by atomic mass is 19.1. The van der Waals surface area contributed by atoms with Crippen LogP contribution in [-0.4, -0.2) is 43.2 Å². The number of benzene rings is 3. The van der Waals surface area contributed by atoms with Crippen molar-refractivity contribution in [3.05, 3.63) is 107 Å². The van der Waals surface area contributed by atoms with Crippen LogP contribution in [0.15, 0.2) is 72.8 Å². The van der Waals surface area contributed by atoms with Crippen molar-refractivity contribution in [3.63, 3.8) is 0 Å². The zero-order valence-corrected chi connectivity index (χ0v) is 20.6. The molecule has 194 valence electrons. The van der Waals surface area contributed by atoms with Gasteiger partial charge in [0.15, 0.2) is 0 Å². The van der Waals surface area contributed by atoms with Gasteiger partial charge < -0.3 is 10.1 Å². The predicted octanol–water partition coefficient (Wildman–Crippen LogP) is 5.59. The van der Waals surface area contributed by atoms with Gasteiger partial charge in [-0.15, -0.1) is 0 Å². The number of rotatable bonds is 6. The molecule has 1 saturated heterocycles. The van der Waals surface area contributed by atoms with Gasteiger partial charge in [-0.1, -0.05) is 42.5 Å². The average molecular weight is 509 g/mol. The highest BCUT2D eigenvalue weighted by Gasteiger charge is 2.40. The number of carbonyl (C=O) groups is 1. The van der Waals surface area contributed by atoms with Crippen molar-refractivity contribution in [2.75, 3.05) is 26.3 Å². The van der Waals surface area contributed by atoms with E-state index >= 15 is 4.39 Å². The van der Waals surface area contributed by atoms with Crippen LogP contribution in [0, 0.1) is 23.4 Å². The van der Waals surface area contributed by atoms with E-state index < -0.39 is 12.0 Å². The quantitative estimate of drug-likeness (QED) is 0.472. The third-order valence-electron chi connectivity index (χ3n) is 7.72. The van der Waals surface area contributed by atoms with Crippen LogP contribution in [-0.2, 0) is 9.53 Å². The molecule has 5 rings (SSSR count). The first-order valence-electron chi connectivity index (χ1n) is 12.9. The molecular formula is C30H31F3N2O2. The maximum absolute atomic E-state index is 15.0. The Morgan fingerprint density at radius 2 is 1.43 bits per heavy atom. The number of carbonyl (C=O) groups excluding carboxylic acids is 1. The number of morpholine rings is 1. The molecule has 0 unspecified atom stereocenters. The van der Waals surface area contributed by atoms with Crippen LogP contribution in [0.1, 0.15) is 47.9 Å². The van der Waals surface area contributed by atoms with E-state index in [2.05, 4.69) is 10.2 Å². The van der Waals surface area contributed by atoms with Gasteiger partial charge in [0.2, 0.25) is 5.91 Å². The molecule has 1 aliphatic heterocycles. The van der Waals surface area contributed by atoms with Crippen LogP contribution in [0.4, 0.5) is 13.2 Å². The van der Waals surface area contributed by atoms with Gasteiger partial charge in [0.1, 0.15) is 17.5 Å². The zero-order chi connectivity index (χ0) is 25.8. The Balaban J connectivity index is 1.43. The Morgan fingerprint density at radius 3 is 2.03 bits per heavy atom. The number of nitrogens with zero attached hydrogens (tertiary/aromatic N) is 1. The molecule has 0 bridgehead atoms. The lowest BCUT2D eigenvalue weighted by atomic mass is 9.72. The van der Waals surface area contributed by atoms with Crippen LogP contribution in [0.3, 0.4) is 0 Å². The van der Waals surface area contributed by atoms with Crippen molar-refractivity contribution in [2.24, 2.45) is 5.92 Å². The summed E-state index contributed by atoms with van der Waals surface area (Å²) in [5.74, 6) is -1.97.